The largest absolute Gasteiger partial charge is 0.379 e. The van der Waals surface area contributed by atoms with Gasteiger partial charge in [0.25, 0.3) is 5.91 Å². The molecule has 144 valence electrons. The van der Waals surface area contributed by atoms with Crippen molar-refractivity contribution in [3.8, 4) is 0 Å². The van der Waals surface area contributed by atoms with Crippen LogP contribution in [0.1, 0.15) is 29.9 Å². The van der Waals surface area contributed by atoms with Crippen molar-refractivity contribution in [3.63, 3.8) is 0 Å². The highest BCUT2D eigenvalue weighted by Crippen LogP contribution is 2.15. The summed E-state index contributed by atoms with van der Waals surface area (Å²) in [6.45, 7) is 8.61. The lowest BCUT2D eigenvalue weighted by Gasteiger charge is -2.40. The molecule has 1 aliphatic heterocycles. The van der Waals surface area contributed by atoms with Gasteiger partial charge in [-0.25, -0.2) is 4.68 Å². The second-order valence-corrected chi connectivity index (χ2v) is 7.23. The molecule has 1 saturated heterocycles. The Morgan fingerprint density at radius 2 is 2.00 bits per heavy atom. The molecule has 0 saturated carbocycles. The van der Waals surface area contributed by atoms with E-state index < -0.39 is 0 Å². The van der Waals surface area contributed by atoms with Gasteiger partial charge in [0.05, 0.1) is 26.0 Å². The van der Waals surface area contributed by atoms with Gasteiger partial charge in [-0.1, -0.05) is 47.7 Å². The van der Waals surface area contributed by atoms with Gasteiger partial charge in [0.2, 0.25) is 0 Å². The Bertz CT molecular complexity index is 764. The summed E-state index contributed by atoms with van der Waals surface area (Å²) in [5, 5.41) is 11.0. The number of morpholine rings is 1. The maximum Gasteiger partial charge on any atom is 0.273 e. The number of carbonyl (C=O) groups is 1. The van der Waals surface area contributed by atoms with E-state index in [9.17, 15) is 4.79 Å². The van der Waals surface area contributed by atoms with Crippen LogP contribution in [0.3, 0.4) is 0 Å². The summed E-state index contributed by atoms with van der Waals surface area (Å²) >= 11 is 0. The van der Waals surface area contributed by atoms with Crippen molar-refractivity contribution < 1.29 is 9.53 Å². The van der Waals surface area contributed by atoms with Gasteiger partial charge < -0.3 is 10.1 Å². The first-order valence-corrected chi connectivity index (χ1v) is 9.27. The van der Waals surface area contributed by atoms with Crippen molar-refractivity contribution in [2.45, 2.75) is 25.9 Å². The fraction of sp³-hybridized carbons (Fsp3) is 0.450. The Hall–Kier alpha value is -2.51. The molecule has 0 aliphatic carbocycles. The minimum absolute atomic E-state index is 0.131. The maximum absolute atomic E-state index is 12.4. The summed E-state index contributed by atoms with van der Waals surface area (Å²) in [4.78, 5) is 14.7. The highest BCUT2D eigenvalue weighted by Gasteiger charge is 2.29. The molecule has 1 aliphatic rings. The highest BCUT2D eigenvalue weighted by molar-refractivity contribution is 5.91. The van der Waals surface area contributed by atoms with E-state index in [0.717, 1.165) is 31.9 Å². The molecule has 0 atom stereocenters. The Balaban J connectivity index is 1.50. The fourth-order valence-electron chi connectivity index (χ4n) is 3.02. The average molecular weight is 369 g/mol. The zero-order valence-electron chi connectivity index (χ0n) is 16.0. The van der Waals surface area contributed by atoms with Crippen LogP contribution in [0.25, 0.3) is 6.08 Å². The number of aromatic nitrogens is 3. The Kier molecular flexibility index (Phi) is 6.36. The van der Waals surface area contributed by atoms with Gasteiger partial charge in [0.15, 0.2) is 5.69 Å². The van der Waals surface area contributed by atoms with Crippen molar-refractivity contribution in [2.24, 2.45) is 0 Å². The number of nitrogens with one attached hydrogen (secondary N) is 1. The first-order chi connectivity index (χ1) is 13.0. The van der Waals surface area contributed by atoms with Crippen molar-refractivity contribution in [1.29, 1.82) is 0 Å². The van der Waals surface area contributed by atoms with Crippen molar-refractivity contribution in [2.75, 3.05) is 32.8 Å². The zero-order valence-corrected chi connectivity index (χ0v) is 16.0. The van der Waals surface area contributed by atoms with Crippen LogP contribution in [-0.2, 0) is 11.3 Å². The highest BCUT2D eigenvalue weighted by atomic mass is 16.5. The van der Waals surface area contributed by atoms with Gasteiger partial charge in [0.1, 0.15) is 0 Å². The standard InChI is InChI=1S/C20H27N5O2/c1-20(2,24-11-13-27-14-12-24)16-21-19(26)18-15-25(23-22-18)10-6-9-17-7-4-3-5-8-17/h3-9,15H,10-14,16H2,1-2H3,(H,21,26). The van der Waals surface area contributed by atoms with E-state index in [0.29, 0.717) is 18.8 Å². The molecule has 0 radical (unpaired) electrons. The first-order valence-electron chi connectivity index (χ1n) is 9.27. The topological polar surface area (TPSA) is 72.3 Å². The van der Waals surface area contributed by atoms with E-state index in [1.807, 2.05) is 42.5 Å². The lowest BCUT2D eigenvalue weighted by molar-refractivity contribution is -0.00924. The molecule has 7 nitrogen and oxygen atoms in total. The van der Waals surface area contributed by atoms with Crippen LogP contribution in [0.5, 0.6) is 0 Å². The van der Waals surface area contributed by atoms with Crippen molar-refractivity contribution in [3.05, 3.63) is 53.9 Å². The van der Waals surface area contributed by atoms with Crippen LogP contribution in [-0.4, -0.2) is 64.2 Å². The SMILES string of the molecule is CC(C)(CNC(=O)c1cn(CC=Cc2ccccc2)nn1)N1CCOCC1. The van der Waals surface area contributed by atoms with Gasteiger partial charge in [-0.3, -0.25) is 9.69 Å². The quantitative estimate of drug-likeness (QED) is 0.806. The second kappa shape index (κ2) is 8.92. The lowest BCUT2D eigenvalue weighted by Crippen LogP contribution is -2.55. The summed E-state index contributed by atoms with van der Waals surface area (Å²) in [6, 6.07) is 10.0. The molecular weight excluding hydrogens is 342 g/mol. The van der Waals surface area contributed by atoms with Gasteiger partial charge in [0, 0.05) is 25.2 Å². The molecule has 0 unspecified atom stereocenters. The molecule has 1 N–H and O–H groups in total. The third-order valence-electron chi connectivity index (χ3n) is 4.72. The van der Waals surface area contributed by atoms with Gasteiger partial charge in [-0.2, -0.15) is 0 Å². The molecule has 1 fully saturated rings. The average Bonchev–Trinajstić information content (AvgIpc) is 3.17. The number of rotatable bonds is 7. The van der Waals surface area contributed by atoms with E-state index in [4.69, 9.17) is 4.74 Å². The molecule has 3 rings (SSSR count). The summed E-state index contributed by atoms with van der Waals surface area (Å²) in [5.41, 5.74) is 1.33. The number of allylic oxidation sites excluding steroid dienone is 1. The van der Waals surface area contributed by atoms with E-state index in [2.05, 4.69) is 34.4 Å². The number of carbonyl (C=O) groups excluding carboxylic acids is 1. The zero-order chi connectivity index (χ0) is 19.1. The van der Waals surface area contributed by atoms with Crippen LogP contribution in [0, 0.1) is 0 Å². The smallest absolute Gasteiger partial charge is 0.273 e. The molecule has 27 heavy (non-hydrogen) atoms. The summed E-state index contributed by atoms with van der Waals surface area (Å²) in [5.74, 6) is -0.199. The number of benzene rings is 1. The fourth-order valence-corrected chi connectivity index (χ4v) is 3.02. The molecule has 2 heterocycles. The molecule has 1 aromatic heterocycles. The van der Waals surface area contributed by atoms with E-state index in [1.165, 1.54) is 0 Å². The molecule has 1 aromatic carbocycles. The number of amides is 1. The van der Waals surface area contributed by atoms with E-state index >= 15 is 0 Å². The third-order valence-corrected chi connectivity index (χ3v) is 4.72. The number of hydrogen-bond acceptors (Lipinski definition) is 5. The molecule has 7 heteroatoms. The molecule has 0 bridgehead atoms. The first kappa shape index (κ1) is 19.3. The Morgan fingerprint density at radius 1 is 1.26 bits per heavy atom. The van der Waals surface area contributed by atoms with Crippen molar-refractivity contribution in [1.82, 2.24) is 25.2 Å². The van der Waals surface area contributed by atoms with Gasteiger partial charge in [-0.05, 0) is 19.4 Å². The number of ether oxygens (including phenoxy) is 1. The van der Waals surface area contributed by atoms with Crippen LogP contribution in [0.15, 0.2) is 42.6 Å². The summed E-state index contributed by atoms with van der Waals surface area (Å²) in [7, 11) is 0. The molecule has 1 amide bonds. The Morgan fingerprint density at radius 3 is 2.74 bits per heavy atom. The molecule has 0 spiro atoms. The summed E-state index contributed by atoms with van der Waals surface area (Å²) < 4.78 is 7.05. The number of nitrogens with zero attached hydrogens (tertiary/aromatic N) is 4. The predicted octanol–water partition coefficient (Wildman–Crippen LogP) is 1.83. The van der Waals surface area contributed by atoms with E-state index in [1.54, 1.807) is 10.9 Å². The van der Waals surface area contributed by atoms with Crippen LogP contribution in [0.4, 0.5) is 0 Å². The summed E-state index contributed by atoms with van der Waals surface area (Å²) in [6.07, 6.45) is 5.69. The van der Waals surface area contributed by atoms with Gasteiger partial charge in [-0.15, -0.1) is 5.10 Å². The lowest BCUT2D eigenvalue weighted by atomic mass is 10.0. The third kappa shape index (κ3) is 5.48. The van der Waals surface area contributed by atoms with E-state index in [-0.39, 0.29) is 11.4 Å². The Labute approximate surface area is 160 Å². The monoisotopic (exact) mass is 369 g/mol. The number of hydrogen-bond donors (Lipinski definition) is 1. The van der Waals surface area contributed by atoms with Gasteiger partial charge >= 0.3 is 0 Å². The normalized spacial score (nSPS) is 15.9. The van der Waals surface area contributed by atoms with Crippen LogP contribution < -0.4 is 5.32 Å². The molecule has 2 aromatic rings. The van der Waals surface area contributed by atoms with Crippen LogP contribution >= 0.6 is 0 Å². The minimum atomic E-state index is -0.199. The second-order valence-electron chi connectivity index (χ2n) is 7.23. The minimum Gasteiger partial charge on any atom is -0.379 e. The molecular formula is C20H27N5O2. The predicted molar refractivity (Wildman–Crippen MR) is 104 cm³/mol. The van der Waals surface area contributed by atoms with Crippen LogP contribution in [0.2, 0.25) is 0 Å². The van der Waals surface area contributed by atoms with Crippen molar-refractivity contribution >= 4 is 12.0 Å². The maximum atomic E-state index is 12.4.